The molecule has 202 valence electrons. The van der Waals surface area contributed by atoms with Crippen molar-refractivity contribution in [2.75, 3.05) is 37.6 Å². The number of rotatable bonds is 4. The van der Waals surface area contributed by atoms with Crippen molar-refractivity contribution in [3.63, 3.8) is 0 Å². The molecule has 7 nitrogen and oxygen atoms in total. The van der Waals surface area contributed by atoms with Gasteiger partial charge in [0.25, 0.3) is 0 Å². The molecule has 13 heteroatoms. The molecule has 0 unspecified atom stereocenters. The quantitative estimate of drug-likeness (QED) is 0.442. The average Bonchev–Trinajstić information content (AvgIpc) is 3.17. The SMILES string of the molecule is Fc1cnc(N2CCC(c3nnc4n3-c3ccc(Cl)cc3CN(C3CN(CC(F)(F)F)C3)C4)CC2)c(F)c1. The second-order valence-corrected chi connectivity index (χ2v) is 10.6. The van der Waals surface area contributed by atoms with Gasteiger partial charge in [-0.05, 0) is 36.6 Å². The number of fused-ring (bicyclic) bond motifs is 3. The van der Waals surface area contributed by atoms with Gasteiger partial charge in [0, 0.05) is 55.8 Å². The summed E-state index contributed by atoms with van der Waals surface area (Å²) in [5, 5.41) is 9.63. The molecular weight excluding hydrogens is 529 g/mol. The highest BCUT2D eigenvalue weighted by molar-refractivity contribution is 6.30. The minimum Gasteiger partial charge on any atom is -0.354 e. The molecule has 1 aromatic carbocycles. The van der Waals surface area contributed by atoms with Crippen LogP contribution in [0.3, 0.4) is 0 Å². The zero-order chi connectivity index (χ0) is 26.6. The highest BCUT2D eigenvalue weighted by Crippen LogP contribution is 2.36. The van der Waals surface area contributed by atoms with E-state index in [0.29, 0.717) is 57.1 Å². The van der Waals surface area contributed by atoms with Gasteiger partial charge in [-0.25, -0.2) is 13.8 Å². The molecule has 0 spiro atoms. The monoisotopic (exact) mass is 553 g/mol. The molecule has 2 saturated heterocycles. The number of pyridine rings is 1. The number of benzene rings is 1. The second-order valence-electron chi connectivity index (χ2n) is 10.2. The number of hydrogen-bond acceptors (Lipinski definition) is 6. The van der Waals surface area contributed by atoms with Crippen molar-refractivity contribution < 1.29 is 22.0 Å². The van der Waals surface area contributed by atoms with Gasteiger partial charge in [-0.1, -0.05) is 11.6 Å². The van der Waals surface area contributed by atoms with Gasteiger partial charge in [-0.2, -0.15) is 13.2 Å². The highest BCUT2D eigenvalue weighted by atomic mass is 35.5. The minimum absolute atomic E-state index is 0.0303. The molecule has 0 aliphatic carbocycles. The van der Waals surface area contributed by atoms with Crippen LogP contribution in [0.1, 0.15) is 36.0 Å². The standard InChI is InChI=1S/C25H25ClF5N7/c26-17-1-2-21-16(7-17)10-37(19-11-35(12-19)14-25(29,30)31)13-22-33-34-23(38(21)22)15-3-5-36(6-4-15)24-20(28)8-18(27)9-32-24/h1-2,7-9,15,19H,3-6,10-14H2. The van der Waals surface area contributed by atoms with Crippen LogP contribution >= 0.6 is 11.6 Å². The second kappa shape index (κ2) is 9.73. The predicted molar refractivity (Wildman–Crippen MR) is 130 cm³/mol. The van der Waals surface area contributed by atoms with E-state index in [0.717, 1.165) is 35.2 Å². The third-order valence-corrected chi connectivity index (χ3v) is 7.80. The summed E-state index contributed by atoms with van der Waals surface area (Å²) in [4.78, 5) is 9.29. The summed E-state index contributed by atoms with van der Waals surface area (Å²) >= 11 is 6.33. The number of halogens is 6. The van der Waals surface area contributed by atoms with Gasteiger partial charge in [-0.3, -0.25) is 14.4 Å². The first-order valence-electron chi connectivity index (χ1n) is 12.5. The molecule has 0 N–H and O–H groups in total. The normalized spacial score (nSPS) is 19.7. The first-order chi connectivity index (χ1) is 18.1. The summed E-state index contributed by atoms with van der Waals surface area (Å²) in [6.45, 7) is 1.81. The van der Waals surface area contributed by atoms with E-state index in [1.807, 2.05) is 23.1 Å². The fourth-order valence-electron chi connectivity index (χ4n) is 5.72. The van der Waals surface area contributed by atoms with Crippen molar-refractivity contribution in [1.29, 1.82) is 0 Å². The van der Waals surface area contributed by atoms with E-state index in [1.165, 1.54) is 4.90 Å². The summed E-state index contributed by atoms with van der Waals surface area (Å²) in [6.07, 6.45) is -1.84. The lowest BCUT2D eigenvalue weighted by Crippen LogP contribution is -2.60. The Balaban J connectivity index is 1.23. The van der Waals surface area contributed by atoms with Crippen LogP contribution in [0.15, 0.2) is 30.5 Å². The fraction of sp³-hybridized carbons (Fsp3) is 0.480. The van der Waals surface area contributed by atoms with Gasteiger partial charge in [0.1, 0.15) is 11.6 Å². The summed E-state index contributed by atoms with van der Waals surface area (Å²) in [7, 11) is 0. The van der Waals surface area contributed by atoms with E-state index in [9.17, 15) is 22.0 Å². The van der Waals surface area contributed by atoms with Crippen LogP contribution in [0.25, 0.3) is 5.69 Å². The Morgan fingerprint density at radius 1 is 1.00 bits per heavy atom. The molecule has 0 atom stereocenters. The minimum atomic E-state index is -4.22. The van der Waals surface area contributed by atoms with Crippen LogP contribution in [0.5, 0.6) is 0 Å². The van der Waals surface area contributed by atoms with Gasteiger partial charge < -0.3 is 4.90 Å². The van der Waals surface area contributed by atoms with E-state index in [2.05, 4.69) is 24.6 Å². The van der Waals surface area contributed by atoms with Crippen LogP contribution in [0, 0.1) is 11.6 Å². The number of likely N-dealkylation sites (tertiary alicyclic amines) is 1. The van der Waals surface area contributed by atoms with Crippen LogP contribution in [0.2, 0.25) is 5.02 Å². The molecule has 6 rings (SSSR count). The zero-order valence-corrected chi connectivity index (χ0v) is 21.1. The van der Waals surface area contributed by atoms with E-state index in [-0.39, 0.29) is 17.8 Å². The Labute approximate surface area is 220 Å². The topological polar surface area (TPSA) is 53.3 Å². The van der Waals surface area contributed by atoms with Crippen molar-refractivity contribution in [2.24, 2.45) is 0 Å². The number of anilines is 1. The van der Waals surface area contributed by atoms with Gasteiger partial charge in [0.2, 0.25) is 0 Å². The molecule has 3 aliphatic rings. The fourth-order valence-corrected chi connectivity index (χ4v) is 5.91. The van der Waals surface area contributed by atoms with Crippen molar-refractivity contribution in [3.8, 4) is 5.69 Å². The van der Waals surface area contributed by atoms with Crippen LogP contribution < -0.4 is 4.90 Å². The molecule has 2 aromatic heterocycles. The lowest BCUT2D eigenvalue weighted by molar-refractivity contribution is -0.161. The maximum absolute atomic E-state index is 14.3. The summed E-state index contributed by atoms with van der Waals surface area (Å²) in [5.74, 6) is 0.317. The molecule has 5 heterocycles. The zero-order valence-electron chi connectivity index (χ0n) is 20.3. The lowest BCUT2D eigenvalue weighted by Gasteiger charge is -2.45. The van der Waals surface area contributed by atoms with Crippen molar-refractivity contribution in [2.45, 2.75) is 44.1 Å². The van der Waals surface area contributed by atoms with Gasteiger partial charge in [0.15, 0.2) is 17.5 Å². The van der Waals surface area contributed by atoms with E-state index in [1.54, 1.807) is 0 Å². The summed E-state index contributed by atoms with van der Waals surface area (Å²) in [5.41, 5.74) is 1.87. The van der Waals surface area contributed by atoms with Crippen molar-refractivity contribution in [1.82, 2.24) is 29.5 Å². The average molecular weight is 554 g/mol. The Kier molecular flexibility index (Phi) is 6.51. The van der Waals surface area contributed by atoms with Crippen molar-refractivity contribution in [3.05, 3.63) is 64.3 Å². The molecular formula is C25H25ClF5N7. The highest BCUT2D eigenvalue weighted by Gasteiger charge is 2.41. The number of hydrogen-bond donors (Lipinski definition) is 0. The Bertz CT molecular complexity index is 1330. The molecule has 3 aliphatic heterocycles. The van der Waals surface area contributed by atoms with E-state index >= 15 is 0 Å². The van der Waals surface area contributed by atoms with Gasteiger partial charge in [0.05, 0.1) is 25.0 Å². The smallest absolute Gasteiger partial charge is 0.354 e. The number of aromatic nitrogens is 4. The van der Waals surface area contributed by atoms with Gasteiger partial charge in [-0.15, -0.1) is 10.2 Å². The maximum atomic E-state index is 14.3. The molecule has 0 bridgehead atoms. The first-order valence-corrected chi connectivity index (χ1v) is 12.8. The molecule has 0 amide bonds. The Morgan fingerprint density at radius 2 is 1.76 bits per heavy atom. The van der Waals surface area contributed by atoms with Crippen LogP contribution in [-0.4, -0.2) is 74.5 Å². The van der Waals surface area contributed by atoms with Crippen LogP contribution in [0.4, 0.5) is 27.8 Å². The molecule has 0 saturated carbocycles. The predicted octanol–water partition coefficient (Wildman–Crippen LogP) is 4.54. The number of nitrogens with zero attached hydrogens (tertiary/aromatic N) is 7. The number of piperidine rings is 1. The van der Waals surface area contributed by atoms with Crippen LogP contribution in [-0.2, 0) is 13.1 Å². The maximum Gasteiger partial charge on any atom is 0.401 e. The van der Waals surface area contributed by atoms with E-state index < -0.39 is 24.4 Å². The summed E-state index contributed by atoms with van der Waals surface area (Å²) < 4.78 is 68.0. The Hall–Kier alpha value is -2.83. The number of alkyl halides is 3. The third kappa shape index (κ3) is 4.96. The molecule has 0 radical (unpaired) electrons. The lowest BCUT2D eigenvalue weighted by atomic mass is 9.95. The molecule has 2 fully saturated rings. The molecule has 38 heavy (non-hydrogen) atoms. The van der Waals surface area contributed by atoms with E-state index in [4.69, 9.17) is 11.6 Å². The molecule has 3 aromatic rings. The van der Waals surface area contributed by atoms with Gasteiger partial charge >= 0.3 is 6.18 Å². The third-order valence-electron chi connectivity index (χ3n) is 7.56. The Morgan fingerprint density at radius 3 is 2.47 bits per heavy atom. The summed E-state index contributed by atoms with van der Waals surface area (Å²) in [6, 6.07) is 6.44. The first kappa shape index (κ1) is 25.4. The largest absolute Gasteiger partial charge is 0.401 e. The van der Waals surface area contributed by atoms with Crippen molar-refractivity contribution >= 4 is 17.4 Å².